The molecule has 0 bridgehead atoms. The van der Waals surface area contributed by atoms with Gasteiger partial charge >= 0.3 is 12.1 Å². The molecule has 1 aromatic heterocycles. The summed E-state index contributed by atoms with van der Waals surface area (Å²) in [5, 5.41) is 17.4. The largest absolute Gasteiger partial charge is 0.481 e. The van der Waals surface area contributed by atoms with Crippen LogP contribution in [-0.2, 0) is 22.3 Å². The van der Waals surface area contributed by atoms with Gasteiger partial charge in [0.2, 0.25) is 0 Å². The molecule has 1 fully saturated rings. The van der Waals surface area contributed by atoms with Gasteiger partial charge in [-0.1, -0.05) is 23.7 Å². The number of amides is 1. The molecular weight excluding hydrogens is 523 g/mol. The van der Waals surface area contributed by atoms with Crippen molar-refractivity contribution >= 4 is 34.4 Å². The molecular formula is C27H29ClF3N3O4. The Morgan fingerprint density at radius 2 is 1.84 bits per heavy atom. The van der Waals surface area contributed by atoms with Crippen LogP contribution in [0.15, 0.2) is 42.6 Å². The number of methoxy groups -OCH3 is 1. The van der Waals surface area contributed by atoms with Crippen LogP contribution in [0.5, 0.6) is 0 Å². The van der Waals surface area contributed by atoms with Crippen molar-refractivity contribution < 1.29 is 32.6 Å². The van der Waals surface area contributed by atoms with Crippen LogP contribution in [0.1, 0.15) is 53.6 Å². The number of fused-ring (bicyclic) bond motifs is 1. The van der Waals surface area contributed by atoms with Crippen molar-refractivity contribution in [2.24, 2.45) is 11.8 Å². The number of hydrogen-bond donors (Lipinski definition) is 2. The van der Waals surface area contributed by atoms with Gasteiger partial charge in [-0.15, -0.1) is 0 Å². The highest BCUT2D eigenvalue weighted by Crippen LogP contribution is 2.34. The predicted molar refractivity (Wildman–Crippen MR) is 136 cm³/mol. The van der Waals surface area contributed by atoms with E-state index in [9.17, 15) is 22.8 Å². The summed E-state index contributed by atoms with van der Waals surface area (Å²) in [6.07, 6.45) is 0.446. The maximum Gasteiger partial charge on any atom is 0.416 e. The monoisotopic (exact) mass is 551 g/mol. The fourth-order valence-electron chi connectivity index (χ4n) is 5.21. The van der Waals surface area contributed by atoms with Crippen molar-refractivity contribution in [2.75, 3.05) is 13.7 Å². The summed E-state index contributed by atoms with van der Waals surface area (Å²) in [4.78, 5) is 24.4. The molecule has 1 atom stereocenters. The minimum atomic E-state index is -4.42. The van der Waals surface area contributed by atoms with Crippen LogP contribution in [0.25, 0.3) is 10.9 Å². The highest BCUT2D eigenvalue weighted by Gasteiger charge is 2.31. The Kier molecular flexibility index (Phi) is 8.62. The molecule has 4 rings (SSSR count). The van der Waals surface area contributed by atoms with E-state index in [0.717, 1.165) is 37.8 Å². The quantitative estimate of drug-likeness (QED) is 0.351. The number of alkyl halides is 3. The van der Waals surface area contributed by atoms with E-state index in [1.54, 1.807) is 23.9 Å². The molecule has 7 nitrogen and oxygen atoms in total. The van der Waals surface area contributed by atoms with Crippen molar-refractivity contribution in [1.29, 1.82) is 0 Å². The second-order valence-corrected chi connectivity index (χ2v) is 10.2. The summed E-state index contributed by atoms with van der Waals surface area (Å²) < 4.78 is 45.6. The van der Waals surface area contributed by atoms with Gasteiger partial charge in [-0.05, 0) is 67.3 Å². The van der Waals surface area contributed by atoms with E-state index in [2.05, 4.69) is 10.4 Å². The summed E-state index contributed by atoms with van der Waals surface area (Å²) in [5.74, 6) is -0.792. The highest BCUT2D eigenvalue weighted by molar-refractivity contribution is 6.35. The summed E-state index contributed by atoms with van der Waals surface area (Å²) >= 11 is 6.46. The van der Waals surface area contributed by atoms with Crippen molar-refractivity contribution in [1.82, 2.24) is 15.1 Å². The van der Waals surface area contributed by atoms with Crippen LogP contribution in [-0.4, -0.2) is 46.5 Å². The third kappa shape index (κ3) is 6.47. The van der Waals surface area contributed by atoms with Gasteiger partial charge in [0.1, 0.15) is 0 Å². The topological polar surface area (TPSA) is 93.5 Å². The SMILES string of the molecule is COC[C@H](NC(=O)c1ccc(Cl)c2c1cnn2Cc1ccc(C(F)(F)F)cc1)C1CCC(CC(=O)O)CC1. The van der Waals surface area contributed by atoms with E-state index in [-0.39, 0.29) is 36.8 Å². The van der Waals surface area contributed by atoms with E-state index in [1.807, 2.05) is 0 Å². The Bertz CT molecular complexity index is 1290. The molecule has 1 aliphatic rings. The molecule has 0 radical (unpaired) electrons. The van der Waals surface area contributed by atoms with E-state index >= 15 is 0 Å². The number of nitrogens with one attached hydrogen (secondary N) is 1. The van der Waals surface area contributed by atoms with Crippen LogP contribution in [0.4, 0.5) is 13.2 Å². The molecule has 1 aliphatic carbocycles. The smallest absolute Gasteiger partial charge is 0.416 e. The third-order valence-electron chi connectivity index (χ3n) is 7.20. The first-order valence-corrected chi connectivity index (χ1v) is 12.8. The molecule has 1 saturated carbocycles. The maximum atomic E-state index is 13.4. The first-order valence-electron chi connectivity index (χ1n) is 12.4. The third-order valence-corrected chi connectivity index (χ3v) is 7.50. The number of carbonyl (C=O) groups excluding carboxylic acids is 1. The second kappa shape index (κ2) is 11.7. The highest BCUT2D eigenvalue weighted by atomic mass is 35.5. The molecule has 0 saturated heterocycles. The lowest BCUT2D eigenvalue weighted by Gasteiger charge is -2.33. The zero-order valence-corrected chi connectivity index (χ0v) is 21.6. The minimum Gasteiger partial charge on any atom is -0.481 e. The van der Waals surface area contributed by atoms with Crippen LogP contribution in [0.3, 0.4) is 0 Å². The average Bonchev–Trinajstić information content (AvgIpc) is 3.28. The second-order valence-electron chi connectivity index (χ2n) is 9.77. The molecule has 11 heteroatoms. The molecule has 2 N–H and O–H groups in total. The standard InChI is InChI=1S/C27H29ClF3N3O4/c1-38-15-23(18-6-2-16(3-7-18)12-24(35)36)33-26(37)20-10-11-22(28)25-21(20)13-32-34(25)14-17-4-8-19(9-5-17)27(29,30)31/h4-5,8-11,13,16,18,23H,2-3,6-7,12,14-15H2,1H3,(H,33,37)(H,35,36)/t16?,18?,23-/m0/s1. The van der Waals surface area contributed by atoms with E-state index in [0.29, 0.717) is 33.7 Å². The lowest BCUT2D eigenvalue weighted by atomic mass is 9.77. The average molecular weight is 552 g/mol. The number of aliphatic carboxylic acids is 1. The Labute approximate surface area is 222 Å². The minimum absolute atomic E-state index is 0.147. The van der Waals surface area contributed by atoms with Gasteiger partial charge < -0.3 is 15.2 Å². The fraction of sp³-hybridized carbons (Fsp3) is 0.444. The van der Waals surface area contributed by atoms with E-state index in [4.69, 9.17) is 21.4 Å². The molecule has 2 aromatic carbocycles. The number of aromatic nitrogens is 2. The van der Waals surface area contributed by atoms with Gasteiger partial charge in [0.15, 0.2) is 0 Å². The van der Waals surface area contributed by atoms with Crippen LogP contribution >= 0.6 is 11.6 Å². The zero-order chi connectivity index (χ0) is 27.4. The number of ether oxygens (including phenoxy) is 1. The van der Waals surface area contributed by atoms with Crippen LogP contribution in [0, 0.1) is 11.8 Å². The van der Waals surface area contributed by atoms with Crippen molar-refractivity contribution in [3.05, 3.63) is 64.3 Å². The molecule has 0 unspecified atom stereocenters. The van der Waals surface area contributed by atoms with Crippen LogP contribution in [0.2, 0.25) is 5.02 Å². The number of benzene rings is 2. The Hall–Kier alpha value is -3.11. The Morgan fingerprint density at radius 3 is 2.45 bits per heavy atom. The Morgan fingerprint density at radius 1 is 1.16 bits per heavy atom. The number of halogens is 4. The molecule has 1 amide bonds. The molecule has 3 aromatic rings. The number of hydrogen-bond acceptors (Lipinski definition) is 4. The summed E-state index contributed by atoms with van der Waals surface area (Å²) in [6, 6.07) is 7.80. The predicted octanol–water partition coefficient (Wildman–Crippen LogP) is 5.78. The van der Waals surface area contributed by atoms with Gasteiger partial charge in [-0.25, -0.2) is 0 Å². The molecule has 204 valence electrons. The number of rotatable bonds is 9. The van der Waals surface area contributed by atoms with Gasteiger partial charge in [0, 0.05) is 18.9 Å². The van der Waals surface area contributed by atoms with E-state index < -0.39 is 17.7 Å². The number of carboxylic acid groups (broad SMARTS) is 1. The lowest BCUT2D eigenvalue weighted by Crippen LogP contribution is -2.44. The van der Waals surface area contributed by atoms with Gasteiger partial charge in [-0.2, -0.15) is 18.3 Å². The molecule has 38 heavy (non-hydrogen) atoms. The summed E-state index contributed by atoms with van der Waals surface area (Å²) in [5.41, 5.74) is 0.762. The number of nitrogens with zero attached hydrogens (tertiary/aromatic N) is 2. The number of carbonyl (C=O) groups is 2. The summed E-state index contributed by atoms with van der Waals surface area (Å²) in [7, 11) is 1.57. The van der Waals surface area contributed by atoms with Gasteiger partial charge in [0.05, 0.1) is 47.1 Å². The summed E-state index contributed by atoms with van der Waals surface area (Å²) in [6.45, 7) is 0.502. The van der Waals surface area contributed by atoms with Crippen LogP contribution < -0.4 is 5.32 Å². The van der Waals surface area contributed by atoms with Gasteiger partial charge in [-0.3, -0.25) is 14.3 Å². The molecule has 0 spiro atoms. The first-order chi connectivity index (χ1) is 18.1. The normalized spacial score (nSPS) is 18.9. The van der Waals surface area contributed by atoms with Crippen molar-refractivity contribution in [3.8, 4) is 0 Å². The lowest BCUT2D eigenvalue weighted by molar-refractivity contribution is -0.139. The first kappa shape index (κ1) is 27.9. The molecule has 1 heterocycles. The zero-order valence-electron chi connectivity index (χ0n) is 20.8. The number of carboxylic acids is 1. The maximum absolute atomic E-state index is 13.4. The molecule has 0 aliphatic heterocycles. The van der Waals surface area contributed by atoms with Gasteiger partial charge in [0.25, 0.3) is 5.91 Å². The fourth-order valence-corrected chi connectivity index (χ4v) is 5.47. The van der Waals surface area contributed by atoms with Crippen molar-refractivity contribution in [3.63, 3.8) is 0 Å². The Balaban J connectivity index is 1.51. The van der Waals surface area contributed by atoms with Crippen molar-refractivity contribution in [2.45, 2.75) is 50.9 Å². The van der Waals surface area contributed by atoms with E-state index in [1.165, 1.54) is 18.3 Å².